The molecular weight excluding hydrogens is 210 g/mol. The predicted molar refractivity (Wildman–Crippen MR) is 62.5 cm³/mol. The Balaban J connectivity index is 2.50. The normalized spacial score (nSPS) is 18.4. The van der Waals surface area contributed by atoms with E-state index in [1.54, 1.807) is 7.11 Å². The van der Waals surface area contributed by atoms with Gasteiger partial charge in [-0.3, -0.25) is 0 Å². The highest BCUT2D eigenvalue weighted by molar-refractivity contribution is 6.30. The van der Waals surface area contributed by atoms with E-state index in [1.165, 1.54) is 6.42 Å². The van der Waals surface area contributed by atoms with E-state index >= 15 is 0 Å². The molecule has 82 valence electrons. The fourth-order valence-electron chi connectivity index (χ4n) is 2.21. The van der Waals surface area contributed by atoms with E-state index in [9.17, 15) is 0 Å². The third kappa shape index (κ3) is 1.72. The van der Waals surface area contributed by atoms with Crippen molar-refractivity contribution in [3.63, 3.8) is 0 Å². The minimum absolute atomic E-state index is 0.178. The smallest absolute Gasteiger partial charge is 0.123 e. The van der Waals surface area contributed by atoms with Gasteiger partial charge in [0, 0.05) is 10.6 Å². The largest absolute Gasteiger partial charge is 0.496 e. The lowest BCUT2D eigenvalue weighted by molar-refractivity contribution is 0.251. The summed E-state index contributed by atoms with van der Waals surface area (Å²) in [7, 11) is 1.66. The molecule has 1 fully saturated rings. The Morgan fingerprint density at radius 2 is 2.07 bits per heavy atom. The maximum atomic E-state index is 6.30. The summed E-state index contributed by atoms with van der Waals surface area (Å²) in [5, 5.41) is 0.698. The van der Waals surface area contributed by atoms with Gasteiger partial charge < -0.3 is 10.5 Å². The predicted octanol–water partition coefficient (Wildman–Crippen LogP) is 2.99. The Kier molecular flexibility index (Phi) is 2.65. The van der Waals surface area contributed by atoms with Gasteiger partial charge in [0.1, 0.15) is 5.75 Å². The molecule has 2 N–H and O–H groups in total. The molecule has 2 nitrogen and oxygen atoms in total. The van der Waals surface area contributed by atoms with Gasteiger partial charge in [0.15, 0.2) is 0 Å². The molecular formula is C12H16ClNO. The molecule has 0 heterocycles. The van der Waals surface area contributed by atoms with E-state index in [-0.39, 0.29) is 5.54 Å². The number of hydrogen-bond acceptors (Lipinski definition) is 2. The summed E-state index contributed by atoms with van der Waals surface area (Å²) in [6, 6.07) is 3.81. The Bertz CT molecular complexity index is 385. The van der Waals surface area contributed by atoms with Crippen LogP contribution >= 0.6 is 11.6 Å². The number of hydrogen-bond donors (Lipinski definition) is 1. The first kappa shape index (κ1) is 10.8. The van der Waals surface area contributed by atoms with Crippen LogP contribution in [0, 0.1) is 6.92 Å². The zero-order valence-corrected chi connectivity index (χ0v) is 9.90. The van der Waals surface area contributed by atoms with E-state index in [0.29, 0.717) is 5.02 Å². The maximum absolute atomic E-state index is 6.30. The summed E-state index contributed by atoms with van der Waals surface area (Å²) in [5.41, 5.74) is 8.38. The number of nitrogens with two attached hydrogens (primary N) is 1. The van der Waals surface area contributed by atoms with Crippen molar-refractivity contribution in [2.45, 2.75) is 31.7 Å². The summed E-state index contributed by atoms with van der Waals surface area (Å²) in [5.74, 6) is 0.828. The lowest BCUT2D eigenvalue weighted by Crippen LogP contribution is -2.43. The van der Waals surface area contributed by atoms with Crippen LogP contribution in [0.2, 0.25) is 5.02 Å². The van der Waals surface area contributed by atoms with Crippen LogP contribution in [-0.4, -0.2) is 7.11 Å². The molecule has 15 heavy (non-hydrogen) atoms. The first-order chi connectivity index (χ1) is 7.07. The van der Waals surface area contributed by atoms with E-state index in [0.717, 1.165) is 29.7 Å². The topological polar surface area (TPSA) is 35.2 Å². The highest BCUT2D eigenvalue weighted by Gasteiger charge is 2.36. The zero-order valence-electron chi connectivity index (χ0n) is 9.14. The lowest BCUT2D eigenvalue weighted by Gasteiger charge is -2.40. The van der Waals surface area contributed by atoms with Crippen LogP contribution in [-0.2, 0) is 5.54 Å². The average Bonchev–Trinajstić information content (AvgIpc) is 2.17. The highest BCUT2D eigenvalue weighted by Crippen LogP contribution is 2.43. The van der Waals surface area contributed by atoms with Gasteiger partial charge in [-0.2, -0.15) is 0 Å². The second-order valence-corrected chi connectivity index (χ2v) is 4.73. The van der Waals surface area contributed by atoms with Crippen molar-refractivity contribution in [3.05, 3.63) is 28.3 Å². The molecule has 0 bridgehead atoms. The quantitative estimate of drug-likeness (QED) is 0.840. The minimum Gasteiger partial charge on any atom is -0.496 e. The van der Waals surface area contributed by atoms with Crippen molar-refractivity contribution in [2.24, 2.45) is 5.73 Å². The van der Waals surface area contributed by atoms with Crippen LogP contribution in [0.3, 0.4) is 0 Å². The van der Waals surface area contributed by atoms with Gasteiger partial charge >= 0.3 is 0 Å². The van der Waals surface area contributed by atoms with Gasteiger partial charge in [-0.1, -0.05) is 11.6 Å². The summed E-state index contributed by atoms with van der Waals surface area (Å²) in [6.45, 7) is 2.04. The molecule has 0 radical (unpaired) electrons. The lowest BCUT2D eigenvalue weighted by atomic mass is 9.71. The number of methoxy groups -OCH3 is 1. The third-order valence-corrected chi connectivity index (χ3v) is 3.55. The summed E-state index contributed by atoms with van der Waals surface area (Å²) in [6.07, 6.45) is 3.28. The van der Waals surface area contributed by atoms with Crippen molar-refractivity contribution in [1.29, 1.82) is 0 Å². The Morgan fingerprint density at radius 3 is 2.53 bits per heavy atom. The van der Waals surface area contributed by atoms with Gasteiger partial charge in [0.05, 0.1) is 7.11 Å². The molecule has 0 spiro atoms. The summed E-state index contributed by atoms with van der Waals surface area (Å²) in [4.78, 5) is 0. The molecule has 1 aliphatic rings. The van der Waals surface area contributed by atoms with Crippen molar-refractivity contribution in [1.82, 2.24) is 0 Å². The zero-order chi connectivity index (χ0) is 11.1. The van der Waals surface area contributed by atoms with Crippen molar-refractivity contribution in [2.75, 3.05) is 7.11 Å². The van der Waals surface area contributed by atoms with Gasteiger partial charge in [-0.05, 0) is 49.4 Å². The van der Waals surface area contributed by atoms with Gasteiger partial charge in [0.25, 0.3) is 0 Å². The molecule has 0 aromatic heterocycles. The van der Waals surface area contributed by atoms with Gasteiger partial charge in [-0.25, -0.2) is 0 Å². The monoisotopic (exact) mass is 225 g/mol. The van der Waals surface area contributed by atoms with Crippen LogP contribution in [0.25, 0.3) is 0 Å². The van der Waals surface area contributed by atoms with Crippen LogP contribution < -0.4 is 10.5 Å². The van der Waals surface area contributed by atoms with Crippen LogP contribution in [0.4, 0.5) is 0 Å². The molecule has 0 aliphatic heterocycles. The van der Waals surface area contributed by atoms with E-state index in [2.05, 4.69) is 0 Å². The first-order valence-electron chi connectivity index (χ1n) is 5.20. The van der Waals surface area contributed by atoms with Crippen LogP contribution in [0.15, 0.2) is 12.1 Å². The van der Waals surface area contributed by atoms with E-state index in [1.807, 2.05) is 19.1 Å². The molecule has 2 rings (SSSR count). The summed E-state index contributed by atoms with van der Waals surface area (Å²) >= 11 is 6.05. The molecule has 1 aromatic rings. The molecule has 0 atom stereocenters. The fourth-order valence-corrected chi connectivity index (χ4v) is 2.42. The molecule has 0 saturated heterocycles. The Morgan fingerprint density at radius 1 is 1.40 bits per heavy atom. The number of rotatable bonds is 2. The SMILES string of the molecule is COc1cc(Cl)cc(C2(N)CCC2)c1C. The van der Waals surface area contributed by atoms with Gasteiger partial charge in [-0.15, -0.1) is 0 Å². The molecule has 0 unspecified atom stereocenters. The number of halogens is 1. The average molecular weight is 226 g/mol. The van der Waals surface area contributed by atoms with Crippen LogP contribution in [0.1, 0.15) is 30.4 Å². The Labute approximate surface area is 95.4 Å². The van der Waals surface area contributed by atoms with E-state index < -0.39 is 0 Å². The fraction of sp³-hybridized carbons (Fsp3) is 0.500. The number of ether oxygens (including phenoxy) is 1. The molecule has 1 aromatic carbocycles. The van der Waals surface area contributed by atoms with E-state index in [4.69, 9.17) is 22.1 Å². The van der Waals surface area contributed by atoms with Crippen molar-refractivity contribution in [3.8, 4) is 5.75 Å². The van der Waals surface area contributed by atoms with Crippen molar-refractivity contribution < 1.29 is 4.74 Å². The second-order valence-electron chi connectivity index (χ2n) is 4.29. The van der Waals surface area contributed by atoms with Crippen LogP contribution in [0.5, 0.6) is 5.75 Å². The number of benzene rings is 1. The second kappa shape index (κ2) is 3.69. The van der Waals surface area contributed by atoms with Gasteiger partial charge in [0.2, 0.25) is 0 Å². The first-order valence-corrected chi connectivity index (χ1v) is 5.58. The minimum atomic E-state index is -0.178. The molecule has 0 amide bonds. The molecule has 3 heteroatoms. The molecule has 1 aliphatic carbocycles. The maximum Gasteiger partial charge on any atom is 0.123 e. The third-order valence-electron chi connectivity index (χ3n) is 3.33. The summed E-state index contributed by atoms with van der Waals surface area (Å²) < 4.78 is 5.29. The molecule has 1 saturated carbocycles. The van der Waals surface area contributed by atoms with Crippen molar-refractivity contribution >= 4 is 11.6 Å². The highest BCUT2D eigenvalue weighted by atomic mass is 35.5. The standard InChI is InChI=1S/C12H16ClNO/c1-8-10(12(14)4-3-5-12)6-9(13)7-11(8)15-2/h6-7H,3-5,14H2,1-2H3. The Hall–Kier alpha value is -0.730.